The normalized spacial score (nSPS) is 45.3. The van der Waals surface area contributed by atoms with E-state index in [1.165, 1.54) is 0 Å². The van der Waals surface area contributed by atoms with Crippen LogP contribution in [-0.2, 0) is 0 Å². The second-order valence-electron chi connectivity index (χ2n) is 3.04. The van der Waals surface area contributed by atoms with Gasteiger partial charge >= 0.3 is 0 Å². The van der Waals surface area contributed by atoms with E-state index >= 15 is 0 Å². The summed E-state index contributed by atoms with van der Waals surface area (Å²) in [7, 11) is 0. The highest BCUT2D eigenvalue weighted by molar-refractivity contribution is 5.21. The lowest BCUT2D eigenvalue weighted by Gasteiger charge is -2.13. The van der Waals surface area contributed by atoms with Crippen molar-refractivity contribution in [3.05, 3.63) is 11.7 Å². The van der Waals surface area contributed by atoms with Crippen LogP contribution in [0.15, 0.2) is 11.7 Å². The van der Waals surface area contributed by atoms with E-state index in [2.05, 4.69) is 0 Å². The Morgan fingerprint density at radius 2 is 1.90 bits per heavy atom. The highest BCUT2D eigenvalue weighted by atomic mass is 19.2. The molecule has 0 radical (unpaired) electrons. The first-order chi connectivity index (χ1) is 4.70. The fraction of sp³-hybridized carbons (Fsp3) is 0.714. The third kappa shape index (κ3) is 0.586. The molecule has 2 aliphatic rings. The molecule has 1 fully saturated rings. The van der Waals surface area contributed by atoms with Crippen molar-refractivity contribution in [2.45, 2.75) is 18.9 Å². The predicted molar refractivity (Wildman–Crippen MR) is 31.5 cm³/mol. The van der Waals surface area contributed by atoms with Gasteiger partial charge in [-0.15, -0.1) is 0 Å². The Morgan fingerprint density at radius 1 is 1.20 bits per heavy atom. The van der Waals surface area contributed by atoms with Crippen LogP contribution in [0.1, 0.15) is 12.8 Å². The Labute approximate surface area is 57.4 Å². The second kappa shape index (κ2) is 1.78. The SMILES string of the molecule is OC1CC2CC1C(F)=C2F. The summed E-state index contributed by atoms with van der Waals surface area (Å²) in [5.74, 6) is -2.16. The summed E-state index contributed by atoms with van der Waals surface area (Å²) in [6, 6.07) is 0. The van der Waals surface area contributed by atoms with E-state index in [-0.39, 0.29) is 5.92 Å². The van der Waals surface area contributed by atoms with Crippen molar-refractivity contribution in [3.8, 4) is 0 Å². The van der Waals surface area contributed by atoms with Gasteiger partial charge < -0.3 is 5.11 Å². The lowest BCUT2D eigenvalue weighted by Crippen LogP contribution is -2.16. The molecule has 0 heterocycles. The smallest absolute Gasteiger partial charge is 0.137 e. The summed E-state index contributed by atoms with van der Waals surface area (Å²) < 4.78 is 25.2. The van der Waals surface area contributed by atoms with Crippen LogP contribution in [-0.4, -0.2) is 11.2 Å². The summed E-state index contributed by atoms with van der Waals surface area (Å²) in [5, 5.41) is 9.07. The molecule has 3 unspecified atom stereocenters. The quantitative estimate of drug-likeness (QED) is 0.549. The highest BCUT2D eigenvalue weighted by Crippen LogP contribution is 2.49. The summed E-state index contributed by atoms with van der Waals surface area (Å²) in [6.07, 6.45) is 0.243. The highest BCUT2D eigenvalue weighted by Gasteiger charge is 2.46. The van der Waals surface area contributed by atoms with Crippen LogP contribution in [0.25, 0.3) is 0 Å². The zero-order valence-corrected chi connectivity index (χ0v) is 5.35. The van der Waals surface area contributed by atoms with E-state index < -0.39 is 23.7 Å². The van der Waals surface area contributed by atoms with Gasteiger partial charge in [0.25, 0.3) is 0 Å². The molecule has 1 nitrogen and oxygen atoms in total. The van der Waals surface area contributed by atoms with Crippen LogP contribution in [0.4, 0.5) is 8.78 Å². The number of allylic oxidation sites excluding steroid dienone is 1. The fourth-order valence-corrected chi connectivity index (χ4v) is 1.87. The van der Waals surface area contributed by atoms with E-state index in [4.69, 9.17) is 5.11 Å². The molecule has 0 aromatic carbocycles. The van der Waals surface area contributed by atoms with Gasteiger partial charge in [0.1, 0.15) is 11.7 Å². The van der Waals surface area contributed by atoms with Crippen LogP contribution >= 0.6 is 0 Å². The standard InChI is InChI=1S/C7H8F2O/c8-6-3-1-4(7(6)9)5(10)2-3/h3-5,10H,1-2H2. The van der Waals surface area contributed by atoms with Gasteiger partial charge in [0.2, 0.25) is 0 Å². The summed E-state index contributed by atoms with van der Waals surface area (Å²) in [6.45, 7) is 0. The van der Waals surface area contributed by atoms with Gasteiger partial charge in [0.15, 0.2) is 0 Å². The van der Waals surface area contributed by atoms with Crippen molar-refractivity contribution in [1.29, 1.82) is 0 Å². The number of hydrogen-bond acceptors (Lipinski definition) is 1. The molecule has 3 heteroatoms. The van der Waals surface area contributed by atoms with Crippen molar-refractivity contribution in [1.82, 2.24) is 0 Å². The average molecular weight is 146 g/mol. The first kappa shape index (κ1) is 6.28. The van der Waals surface area contributed by atoms with Crippen molar-refractivity contribution >= 4 is 0 Å². The Hall–Kier alpha value is -0.440. The first-order valence-corrected chi connectivity index (χ1v) is 3.43. The molecule has 2 rings (SSSR count). The van der Waals surface area contributed by atoms with Gasteiger partial charge in [-0.3, -0.25) is 0 Å². The molecule has 0 aromatic rings. The lowest BCUT2D eigenvalue weighted by molar-refractivity contribution is 0.126. The van der Waals surface area contributed by atoms with Gasteiger partial charge in [-0.05, 0) is 12.8 Å². The lowest BCUT2D eigenvalue weighted by atomic mass is 10.0. The average Bonchev–Trinajstić information content (AvgIpc) is 2.36. The van der Waals surface area contributed by atoms with Crippen LogP contribution in [0.5, 0.6) is 0 Å². The molecule has 2 aliphatic carbocycles. The molecule has 1 N–H and O–H groups in total. The van der Waals surface area contributed by atoms with Gasteiger partial charge in [0.05, 0.1) is 6.10 Å². The Morgan fingerprint density at radius 3 is 2.30 bits per heavy atom. The third-order valence-corrected chi connectivity index (χ3v) is 2.44. The third-order valence-electron chi connectivity index (χ3n) is 2.44. The van der Waals surface area contributed by atoms with Crippen molar-refractivity contribution in [3.63, 3.8) is 0 Å². The topological polar surface area (TPSA) is 20.2 Å². The zero-order valence-electron chi connectivity index (χ0n) is 5.35. The van der Waals surface area contributed by atoms with Crippen molar-refractivity contribution in [2.75, 3.05) is 0 Å². The number of hydrogen-bond donors (Lipinski definition) is 1. The number of halogens is 2. The minimum atomic E-state index is -0.705. The zero-order chi connectivity index (χ0) is 7.30. The summed E-state index contributed by atoms with van der Waals surface area (Å²) >= 11 is 0. The number of fused-ring (bicyclic) bond motifs is 2. The van der Waals surface area contributed by atoms with Gasteiger partial charge in [0, 0.05) is 11.8 Å². The van der Waals surface area contributed by atoms with E-state index in [0.717, 1.165) is 0 Å². The van der Waals surface area contributed by atoms with Gasteiger partial charge in [-0.25, -0.2) is 8.78 Å². The molecule has 0 saturated heterocycles. The first-order valence-electron chi connectivity index (χ1n) is 3.43. The van der Waals surface area contributed by atoms with Crippen LogP contribution in [0.2, 0.25) is 0 Å². The maximum atomic E-state index is 12.6. The minimum absolute atomic E-state index is 0.319. The second-order valence-corrected chi connectivity index (χ2v) is 3.04. The molecule has 0 aliphatic heterocycles. The van der Waals surface area contributed by atoms with Crippen molar-refractivity contribution in [2.24, 2.45) is 11.8 Å². The van der Waals surface area contributed by atoms with E-state index in [0.29, 0.717) is 12.8 Å². The predicted octanol–water partition coefficient (Wildman–Crippen LogP) is 1.54. The Bertz CT molecular complexity index is 200. The van der Waals surface area contributed by atoms with E-state index in [9.17, 15) is 8.78 Å². The molecule has 0 amide bonds. The Balaban J connectivity index is 2.34. The number of aliphatic hydroxyl groups excluding tert-OH is 1. The molecular weight excluding hydrogens is 138 g/mol. The minimum Gasteiger partial charge on any atom is -0.392 e. The molecule has 0 spiro atoms. The summed E-state index contributed by atoms with van der Waals surface area (Å²) in [4.78, 5) is 0. The molecule has 56 valence electrons. The van der Waals surface area contributed by atoms with Crippen LogP contribution < -0.4 is 0 Å². The number of aliphatic hydroxyl groups is 1. The monoisotopic (exact) mass is 146 g/mol. The van der Waals surface area contributed by atoms with Crippen molar-refractivity contribution < 1.29 is 13.9 Å². The van der Waals surface area contributed by atoms with Gasteiger partial charge in [-0.1, -0.05) is 0 Å². The molecule has 0 aromatic heterocycles. The largest absolute Gasteiger partial charge is 0.392 e. The number of rotatable bonds is 0. The van der Waals surface area contributed by atoms with Crippen LogP contribution in [0, 0.1) is 11.8 Å². The Kier molecular flexibility index (Phi) is 1.12. The van der Waals surface area contributed by atoms with E-state index in [1.807, 2.05) is 0 Å². The molecule has 10 heavy (non-hydrogen) atoms. The van der Waals surface area contributed by atoms with Gasteiger partial charge in [-0.2, -0.15) is 0 Å². The molecular formula is C7H8F2O. The maximum absolute atomic E-state index is 12.6. The molecule has 2 bridgehead atoms. The molecule has 3 atom stereocenters. The maximum Gasteiger partial charge on any atom is 0.137 e. The summed E-state index contributed by atoms with van der Waals surface area (Å²) in [5.41, 5.74) is 0. The van der Waals surface area contributed by atoms with Crippen LogP contribution in [0.3, 0.4) is 0 Å². The molecule has 1 saturated carbocycles. The fourth-order valence-electron chi connectivity index (χ4n) is 1.87. The van der Waals surface area contributed by atoms with E-state index in [1.54, 1.807) is 0 Å².